The van der Waals surface area contributed by atoms with E-state index in [1.165, 1.54) is 22.6 Å². The van der Waals surface area contributed by atoms with Gasteiger partial charge in [-0.25, -0.2) is 10.8 Å². The molecule has 0 amide bonds. The van der Waals surface area contributed by atoms with Crippen LogP contribution in [0, 0.1) is 11.3 Å². The fourth-order valence-corrected chi connectivity index (χ4v) is 6.97. The highest BCUT2D eigenvalue weighted by Gasteiger charge is 2.47. The van der Waals surface area contributed by atoms with Crippen molar-refractivity contribution in [3.63, 3.8) is 0 Å². The second kappa shape index (κ2) is 9.06. The first kappa shape index (κ1) is 22.9. The van der Waals surface area contributed by atoms with E-state index in [9.17, 15) is 5.26 Å². The minimum atomic E-state index is -0.468. The van der Waals surface area contributed by atoms with Gasteiger partial charge in [-0.1, -0.05) is 0 Å². The zero-order valence-corrected chi connectivity index (χ0v) is 20.4. The SMILES string of the molecule is CN1CCC[C@H]1COc1nccc(/C(N)=C2\CCCC3(CCCc4sc(N)c(C#N)c43)N2N)n1. The molecule has 1 spiro atoms. The number of piperidine rings is 1. The average Bonchev–Trinajstić information content (AvgIpc) is 3.41. The van der Waals surface area contributed by atoms with E-state index >= 15 is 0 Å². The molecule has 1 aliphatic carbocycles. The number of ether oxygens (including phenoxy) is 1. The number of likely N-dealkylation sites (tertiary alicyclic amines) is 1. The first-order chi connectivity index (χ1) is 16.4. The standard InChI is InChI=1S/C24H32N8OS/c1-31-12-4-5-15(31)14-33-23-29-11-8-17(30-23)21(26)18-6-2-9-24(32(18)28)10-3-7-19-20(24)16(13-25)22(27)34-19/h8,11,15H,2-7,9-10,12,14,26-28H2,1H3/b21-18-/t15-,24?/m0/s1. The lowest BCUT2D eigenvalue weighted by atomic mass is 9.72. The van der Waals surface area contributed by atoms with Crippen LogP contribution in [0.3, 0.4) is 0 Å². The Morgan fingerprint density at radius 3 is 2.85 bits per heavy atom. The maximum absolute atomic E-state index is 9.84. The summed E-state index contributed by atoms with van der Waals surface area (Å²) in [6.07, 6.45) is 9.31. The number of allylic oxidation sites excluding steroid dienone is 1. The molecule has 9 nitrogen and oxygen atoms in total. The highest BCUT2D eigenvalue weighted by atomic mass is 32.1. The molecule has 2 aromatic rings. The van der Waals surface area contributed by atoms with Crippen molar-refractivity contribution in [2.24, 2.45) is 11.6 Å². The smallest absolute Gasteiger partial charge is 0.317 e. The van der Waals surface area contributed by atoms with E-state index in [2.05, 4.69) is 28.0 Å². The molecule has 0 saturated carbocycles. The number of nitrogens with two attached hydrogens (primary N) is 3. The molecule has 2 aromatic heterocycles. The lowest BCUT2D eigenvalue weighted by molar-refractivity contribution is 0.0661. The van der Waals surface area contributed by atoms with Gasteiger partial charge in [0.05, 0.1) is 28.2 Å². The molecule has 180 valence electrons. The van der Waals surface area contributed by atoms with Crippen LogP contribution in [0.15, 0.2) is 18.0 Å². The minimum Gasteiger partial charge on any atom is -0.462 e. The normalized spacial score (nSPS) is 26.4. The Morgan fingerprint density at radius 1 is 1.32 bits per heavy atom. The number of likely N-dealkylation sites (N-methyl/N-ethyl adjacent to an activating group) is 1. The van der Waals surface area contributed by atoms with Gasteiger partial charge < -0.3 is 26.1 Å². The molecule has 0 radical (unpaired) electrons. The average molecular weight is 481 g/mol. The summed E-state index contributed by atoms with van der Waals surface area (Å²) in [5, 5.41) is 12.2. The summed E-state index contributed by atoms with van der Waals surface area (Å²) in [5.41, 5.74) is 16.0. The summed E-state index contributed by atoms with van der Waals surface area (Å²) >= 11 is 1.52. The minimum absolute atomic E-state index is 0.327. The van der Waals surface area contributed by atoms with Crippen LogP contribution in [-0.2, 0) is 12.0 Å². The third-order valence-corrected chi connectivity index (χ3v) is 8.71. The van der Waals surface area contributed by atoms with Crippen LogP contribution in [0.5, 0.6) is 6.01 Å². The molecule has 2 atom stereocenters. The van der Waals surface area contributed by atoms with Crippen molar-refractivity contribution in [1.82, 2.24) is 19.9 Å². The zero-order chi connectivity index (χ0) is 23.9. The summed E-state index contributed by atoms with van der Waals surface area (Å²) in [5.74, 6) is 6.84. The van der Waals surface area contributed by atoms with Crippen molar-refractivity contribution in [3.05, 3.63) is 39.7 Å². The summed E-state index contributed by atoms with van der Waals surface area (Å²) in [7, 11) is 2.12. The summed E-state index contributed by atoms with van der Waals surface area (Å²) in [6.45, 7) is 1.65. The number of rotatable bonds is 4. The zero-order valence-electron chi connectivity index (χ0n) is 19.6. The fourth-order valence-electron chi connectivity index (χ4n) is 5.81. The van der Waals surface area contributed by atoms with E-state index in [1.807, 2.05) is 5.01 Å². The first-order valence-corrected chi connectivity index (χ1v) is 12.8. The lowest BCUT2D eigenvalue weighted by Crippen LogP contribution is -2.54. The van der Waals surface area contributed by atoms with Crippen molar-refractivity contribution >= 4 is 22.0 Å². The molecule has 1 unspecified atom stereocenters. The van der Waals surface area contributed by atoms with E-state index in [1.54, 1.807) is 12.3 Å². The van der Waals surface area contributed by atoms with Gasteiger partial charge in [-0.2, -0.15) is 10.2 Å². The first-order valence-electron chi connectivity index (χ1n) is 12.0. The number of thiophene rings is 1. The molecule has 6 N–H and O–H groups in total. The number of aromatic nitrogens is 2. The Balaban J connectivity index is 1.45. The number of anilines is 1. The van der Waals surface area contributed by atoms with Gasteiger partial charge in [0.1, 0.15) is 17.7 Å². The summed E-state index contributed by atoms with van der Waals surface area (Å²) < 4.78 is 5.92. The number of nitrogen functional groups attached to an aromatic ring is 1. The number of hydrogen-bond acceptors (Lipinski definition) is 10. The van der Waals surface area contributed by atoms with Crippen molar-refractivity contribution in [3.8, 4) is 12.1 Å². The highest BCUT2D eigenvalue weighted by molar-refractivity contribution is 7.16. The van der Waals surface area contributed by atoms with Crippen LogP contribution < -0.4 is 22.0 Å². The van der Waals surface area contributed by atoms with Gasteiger partial charge in [0.2, 0.25) is 0 Å². The molecule has 5 rings (SSSR count). The number of aryl methyl sites for hydroxylation is 1. The van der Waals surface area contributed by atoms with Gasteiger partial charge in [-0.05, 0) is 71.0 Å². The Kier molecular flexibility index (Phi) is 6.10. The fraction of sp³-hybridized carbons (Fsp3) is 0.542. The molecule has 0 aromatic carbocycles. The number of nitriles is 1. The van der Waals surface area contributed by atoms with E-state index in [0.29, 0.717) is 40.6 Å². The Labute approximate surface area is 204 Å². The Bertz CT molecular complexity index is 1150. The van der Waals surface area contributed by atoms with Gasteiger partial charge in [0.25, 0.3) is 0 Å². The predicted molar refractivity (Wildman–Crippen MR) is 132 cm³/mol. The Morgan fingerprint density at radius 2 is 2.12 bits per heavy atom. The molecule has 34 heavy (non-hydrogen) atoms. The molecular weight excluding hydrogens is 448 g/mol. The third kappa shape index (κ3) is 3.78. The van der Waals surface area contributed by atoms with E-state index in [4.69, 9.17) is 22.0 Å². The van der Waals surface area contributed by atoms with Gasteiger partial charge in [-0.3, -0.25) is 0 Å². The van der Waals surface area contributed by atoms with Crippen LogP contribution in [0.25, 0.3) is 5.70 Å². The van der Waals surface area contributed by atoms with Gasteiger partial charge >= 0.3 is 6.01 Å². The largest absolute Gasteiger partial charge is 0.462 e. The number of hydrazine groups is 1. The molecule has 2 saturated heterocycles. The van der Waals surface area contributed by atoms with Crippen LogP contribution in [0.4, 0.5) is 5.00 Å². The second-order valence-electron chi connectivity index (χ2n) is 9.53. The molecule has 4 heterocycles. The molecule has 2 fully saturated rings. The Hall–Kier alpha value is -2.87. The van der Waals surface area contributed by atoms with E-state index in [0.717, 1.165) is 62.8 Å². The van der Waals surface area contributed by atoms with Crippen molar-refractivity contribution in [2.75, 3.05) is 25.9 Å². The van der Waals surface area contributed by atoms with Crippen molar-refractivity contribution < 1.29 is 4.74 Å². The van der Waals surface area contributed by atoms with Gasteiger partial charge in [-0.15, -0.1) is 11.3 Å². The number of hydrogen-bond donors (Lipinski definition) is 3. The van der Waals surface area contributed by atoms with Crippen LogP contribution in [0.2, 0.25) is 0 Å². The van der Waals surface area contributed by atoms with Crippen molar-refractivity contribution in [1.29, 1.82) is 5.26 Å². The second-order valence-corrected chi connectivity index (χ2v) is 10.7. The van der Waals surface area contributed by atoms with Crippen LogP contribution >= 0.6 is 11.3 Å². The molecular formula is C24H32N8OS. The highest BCUT2D eigenvalue weighted by Crippen LogP contribution is 2.52. The van der Waals surface area contributed by atoms with Crippen molar-refractivity contribution in [2.45, 2.75) is 62.9 Å². The monoisotopic (exact) mass is 480 g/mol. The van der Waals surface area contributed by atoms with Gasteiger partial charge in [0.15, 0.2) is 0 Å². The molecule has 3 aliphatic rings. The van der Waals surface area contributed by atoms with E-state index in [-0.39, 0.29) is 0 Å². The summed E-state index contributed by atoms with van der Waals surface area (Å²) in [4.78, 5) is 12.4. The quantitative estimate of drug-likeness (QED) is 0.563. The third-order valence-electron chi connectivity index (χ3n) is 7.63. The van der Waals surface area contributed by atoms with Crippen LogP contribution in [0.1, 0.15) is 66.6 Å². The number of nitrogens with zero attached hydrogens (tertiary/aromatic N) is 5. The van der Waals surface area contributed by atoms with E-state index < -0.39 is 5.54 Å². The lowest BCUT2D eigenvalue weighted by Gasteiger charge is -2.49. The topological polar surface area (TPSA) is 143 Å². The van der Waals surface area contributed by atoms with Gasteiger partial charge in [0, 0.05) is 22.7 Å². The predicted octanol–water partition coefficient (Wildman–Crippen LogP) is 2.68. The van der Waals surface area contributed by atoms with Crippen LogP contribution in [-0.4, -0.2) is 46.1 Å². The summed E-state index contributed by atoms with van der Waals surface area (Å²) in [6, 6.07) is 4.84. The molecule has 0 bridgehead atoms. The maximum atomic E-state index is 9.84. The molecule has 2 aliphatic heterocycles. The number of fused-ring (bicyclic) bond motifs is 2. The maximum Gasteiger partial charge on any atom is 0.317 e. The molecule has 10 heteroatoms.